The summed E-state index contributed by atoms with van der Waals surface area (Å²) in [4.78, 5) is 42.9. The Bertz CT molecular complexity index is 1300. The van der Waals surface area contributed by atoms with Crippen molar-refractivity contribution in [2.45, 2.75) is 37.7 Å². The van der Waals surface area contributed by atoms with Crippen molar-refractivity contribution >= 4 is 39.7 Å². The molecule has 0 unspecified atom stereocenters. The van der Waals surface area contributed by atoms with Crippen molar-refractivity contribution in [1.29, 1.82) is 0 Å². The summed E-state index contributed by atoms with van der Waals surface area (Å²) in [5.41, 5.74) is 2.06. The van der Waals surface area contributed by atoms with Crippen LogP contribution in [-0.2, 0) is 14.3 Å². The number of benzene rings is 1. The standard InChI is InChI=1S/C27H33N5O5S/c1-27(2,3)37-26(34)32-11-9-31(10-12-32)24-20-14-18(6-7-21(20)29-17-30-24)19-15-22(25(36-5)28-16-19)38-23(33)8-13-35-4/h6-7,14-17H,8-13H2,1-5H3. The quantitative estimate of drug-likeness (QED) is 0.401. The number of piperazine rings is 1. The number of amides is 1. The molecule has 0 N–H and O–H groups in total. The number of carbonyl (C=O) groups is 2. The second-order valence-electron chi connectivity index (χ2n) is 9.83. The number of fused-ring (bicyclic) bond motifs is 1. The molecule has 0 radical (unpaired) electrons. The highest BCUT2D eigenvalue weighted by Gasteiger charge is 2.27. The van der Waals surface area contributed by atoms with Gasteiger partial charge in [0.1, 0.15) is 17.7 Å². The lowest BCUT2D eigenvalue weighted by atomic mass is 10.0. The Morgan fingerprint density at radius 3 is 2.45 bits per heavy atom. The van der Waals surface area contributed by atoms with Crippen molar-refractivity contribution in [1.82, 2.24) is 19.9 Å². The minimum atomic E-state index is -0.528. The van der Waals surface area contributed by atoms with Gasteiger partial charge in [0.2, 0.25) is 5.88 Å². The van der Waals surface area contributed by atoms with Gasteiger partial charge in [-0.3, -0.25) is 4.79 Å². The van der Waals surface area contributed by atoms with Crippen molar-refractivity contribution in [2.75, 3.05) is 51.9 Å². The third kappa shape index (κ3) is 6.70. The first-order valence-electron chi connectivity index (χ1n) is 12.4. The van der Waals surface area contributed by atoms with E-state index in [4.69, 9.17) is 14.2 Å². The van der Waals surface area contributed by atoms with Gasteiger partial charge in [-0.1, -0.05) is 6.07 Å². The van der Waals surface area contributed by atoms with Gasteiger partial charge >= 0.3 is 6.09 Å². The molecule has 4 rings (SSSR count). The second-order valence-corrected chi connectivity index (χ2v) is 10.9. The highest BCUT2D eigenvalue weighted by atomic mass is 32.2. The third-order valence-electron chi connectivity index (χ3n) is 5.92. The maximum absolute atomic E-state index is 12.5. The van der Waals surface area contributed by atoms with Gasteiger partial charge in [-0.25, -0.2) is 19.7 Å². The molecule has 3 aromatic rings. The molecular weight excluding hydrogens is 506 g/mol. The molecule has 202 valence electrons. The summed E-state index contributed by atoms with van der Waals surface area (Å²) < 4.78 is 15.9. The zero-order valence-electron chi connectivity index (χ0n) is 22.4. The highest BCUT2D eigenvalue weighted by Crippen LogP contribution is 2.35. The Morgan fingerprint density at radius 2 is 1.76 bits per heavy atom. The summed E-state index contributed by atoms with van der Waals surface area (Å²) in [5.74, 6) is 1.21. The predicted octanol–water partition coefficient (Wildman–Crippen LogP) is 4.41. The number of hydrogen-bond donors (Lipinski definition) is 0. The van der Waals surface area contributed by atoms with E-state index < -0.39 is 5.60 Å². The molecule has 1 fully saturated rings. The van der Waals surface area contributed by atoms with Crippen LogP contribution in [0.3, 0.4) is 0 Å². The van der Waals surface area contributed by atoms with E-state index in [1.54, 1.807) is 24.5 Å². The first-order valence-corrected chi connectivity index (χ1v) is 13.2. The molecule has 2 aromatic heterocycles. The molecule has 3 heterocycles. The van der Waals surface area contributed by atoms with E-state index in [1.807, 2.05) is 45.0 Å². The van der Waals surface area contributed by atoms with Crippen LogP contribution in [0.5, 0.6) is 5.88 Å². The summed E-state index contributed by atoms with van der Waals surface area (Å²) in [6.45, 7) is 8.30. The largest absolute Gasteiger partial charge is 0.480 e. The number of carbonyl (C=O) groups excluding carboxylic acids is 2. The summed E-state index contributed by atoms with van der Waals surface area (Å²) in [6, 6.07) is 7.87. The maximum atomic E-state index is 12.5. The van der Waals surface area contributed by atoms with E-state index in [9.17, 15) is 9.59 Å². The molecule has 1 saturated heterocycles. The van der Waals surface area contributed by atoms with Crippen LogP contribution in [0, 0.1) is 0 Å². The first kappa shape index (κ1) is 27.6. The molecule has 11 heteroatoms. The molecule has 38 heavy (non-hydrogen) atoms. The molecule has 10 nitrogen and oxygen atoms in total. The summed E-state index contributed by atoms with van der Waals surface area (Å²) >= 11 is 1.10. The lowest BCUT2D eigenvalue weighted by Crippen LogP contribution is -2.50. The van der Waals surface area contributed by atoms with E-state index >= 15 is 0 Å². The van der Waals surface area contributed by atoms with E-state index in [-0.39, 0.29) is 11.2 Å². The van der Waals surface area contributed by atoms with Crippen LogP contribution in [0.1, 0.15) is 27.2 Å². The van der Waals surface area contributed by atoms with Crippen LogP contribution in [0.4, 0.5) is 10.6 Å². The lowest BCUT2D eigenvalue weighted by Gasteiger charge is -2.36. The van der Waals surface area contributed by atoms with Crippen molar-refractivity contribution in [3.8, 4) is 17.0 Å². The van der Waals surface area contributed by atoms with Crippen LogP contribution in [0.2, 0.25) is 0 Å². The zero-order valence-corrected chi connectivity index (χ0v) is 23.2. The molecule has 1 aliphatic rings. The average Bonchev–Trinajstić information content (AvgIpc) is 2.90. The number of ether oxygens (including phenoxy) is 3. The fourth-order valence-electron chi connectivity index (χ4n) is 4.08. The van der Waals surface area contributed by atoms with Gasteiger partial charge in [-0.2, -0.15) is 0 Å². The van der Waals surface area contributed by atoms with E-state index in [0.29, 0.717) is 50.0 Å². The molecule has 0 atom stereocenters. The number of nitrogens with zero attached hydrogens (tertiary/aromatic N) is 5. The number of thioether (sulfide) groups is 1. The molecule has 0 aliphatic carbocycles. The van der Waals surface area contributed by atoms with Crippen LogP contribution in [-0.4, -0.2) is 83.7 Å². The molecule has 1 aromatic carbocycles. The predicted molar refractivity (Wildman–Crippen MR) is 147 cm³/mol. The van der Waals surface area contributed by atoms with Crippen molar-refractivity contribution in [2.24, 2.45) is 0 Å². The highest BCUT2D eigenvalue weighted by molar-refractivity contribution is 8.13. The monoisotopic (exact) mass is 539 g/mol. The summed E-state index contributed by atoms with van der Waals surface area (Å²) in [6.07, 6.45) is 3.29. The Hall–Kier alpha value is -3.44. The molecule has 1 amide bonds. The Kier molecular flexibility index (Phi) is 8.68. The average molecular weight is 540 g/mol. The number of hydrogen-bond acceptors (Lipinski definition) is 10. The molecule has 0 saturated carbocycles. The smallest absolute Gasteiger partial charge is 0.410 e. The molecule has 0 bridgehead atoms. The normalized spacial score (nSPS) is 14.0. The van der Waals surface area contributed by atoms with E-state index in [0.717, 1.165) is 39.6 Å². The van der Waals surface area contributed by atoms with Crippen molar-refractivity contribution < 1.29 is 23.8 Å². The minimum absolute atomic E-state index is 0.0242. The molecule has 1 aliphatic heterocycles. The Balaban J connectivity index is 1.58. The van der Waals surface area contributed by atoms with Gasteiger partial charge in [0.25, 0.3) is 0 Å². The lowest BCUT2D eigenvalue weighted by molar-refractivity contribution is -0.111. The summed E-state index contributed by atoms with van der Waals surface area (Å²) in [7, 11) is 3.10. The van der Waals surface area contributed by atoms with E-state index in [2.05, 4.69) is 19.9 Å². The number of anilines is 1. The Labute approximate surface area is 226 Å². The first-order chi connectivity index (χ1) is 18.2. The van der Waals surface area contributed by atoms with Crippen molar-refractivity contribution in [3.63, 3.8) is 0 Å². The van der Waals surface area contributed by atoms with E-state index in [1.165, 1.54) is 7.11 Å². The molecular formula is C27H33N5O5S. The van der Waals surface area contributed by atoms with Gasteiger partial charge in [0.15, 0.2) is 5.12 Å². The second kappa shape index (κ2) is 12.0. The van der Waals surface area contributed by atoms with Gasteiger partial charge in [0.05, 0.1) is 24.1 Å². The summed E-state index contributed by atoms with van der Waals surface area (Å²) in [5, 5.41) is 0.876. The number of pyridine rings is 1. The number of aromatic nitrogens is 3. The Morgan fingerprint density at radius 1 is 1.00 bits per heavy atom. The third-order valence-corrected chi connectivity index (χ3v) is 6.87. The SMILES string of the molecule is COCCC(=O)Sc1cc(-c2ccc3ncnc(N4CCN(C(=O)OC(C)(C)C)CC4)c3c2)cnc1OC. The van der Waals surface area contributed by atoms with Crippen LogP contribution in [0.15, 0.2) is 41.7 Å². The number of methoxy groups -OCH3 is 2. The maximum Gasteiger partial charge on any atom is 0.410 e. The van der Waals surface area contributed by atoms with Gasteiger partial charge in [0, 0.05) is 56.9 Å². The minimum Gasteiger partial charge on any atom is -0.480 e. The molecule has 0 spiro atoms. The fraction of sp³-hybridized carbons (Fsp3) is 0.444. The van der Waals surface area contributed by atoms with Gasteiger partial charge in [-0.15, -0.1) is 0 Å². The van der Waals surface area contributed by atoms with Gasteiger partial charge in [-0.05, 0) is 56.3 Å². The number of rotatable bonds is 7. The zero-order chi connectivity index (χ0) is 27.3. The van der Waals surface area contributed by atoms with Crippen LogP contribution < -0.4 is 9.64 Å². The van der Waals surface area contributed by atoms with Crippen LogP contribution >= 0.6 is 11.8 Å². The van der Waals surface area contributed by atoms with Crippen molar-refractivity contribution in [3.05, 3.63) is 36.8 Å². The fourth-order valence-corrected chi connectivity index (χ4v) is 4.92. The topological polar surface area (TPSA) is 107 Å². The van der Waals surface area contributed by atoms with Gasteiger partial charge < -0.3 is 24.0 Å². The van der Waals surface area contributed by atoms with Crippen LogP contribution in [0.25, 0.3) is 22.0 Å².